The van der Waals surface area contributed by atoms with Crippen molar-refractivity contribution in [1.82, 2.24) is 4.90 Å². The molecule has 1 rings (SSSR count). The first-order valence-electron chi connectivity index (χ1n) is 6.86. The minimum Gasteiger partial charge on any atom is -0.468 e. The summed E-state index contributed by atoms with van der Waals surface area (Å²) in [6.45, 7) is 2.06. The van der Waals surface area contributed by atoms with Crippen LogP contribution in [0.2, 0.25) is 0 Å². The van der Waals surface area contributed by atoms with Crippen LogP contribution < -0.4 is 0 Å². The van der Waals surface area contributed by atoms with E-state index in [-0.39, 0.29) is 13.1 Å². The lowest BCUT2D eigenvalue weighted by Gasteiger charge is -2.41. The van der Waals surface area contributed by atoms with E-state index in [9.17, 15) is 23.1 Å². The third-order valence-corrected chi connectivity index (χ3v) is 3.90. The lowest BCUT2D eigenvalue weighted by molar-refractivity contribution is -0.273. The number of likely N-dealkylation sites (tertiary alicyclic amines) is 1. The van der Waals surface area contributed by atoms with Crippen molar-refractivity contribution < 1.29 is 27.8 Å². The molecule has 20 heavy (non-hydrogen) atoms. The van der Waals surface area contributed by atoms with Gasteiger partial charge in [-0.05, 0) is 19.3 Å². The van der Waals surface area contributed by atoms with Crippen molar-refractivity contribution in [2.24, 2.45) is 0 Å². The highest BCUT2D eigenvalue weighted by atomic mass is 19.4. The van der Waals surface area contributed by atoms with Gasteiger partial charge in [0.1, 0.15) is 6.04 Å². The van der Waals surface area contributed by atoms with E-state index in [4.69, 9.17) is 4.74 Å². The third kappa shape index (κ3) is 3.85. The normalized spacial score (nSPS) is 21.5. The summed E-state index contributed by atoms with van der Waals surface area (Å²) in [6.07, 6.45) is -3.17. The van der Waals surface area contributed by atoms with Gasteiger partial charge in [0, 0.05) is 13.1 Å². The van der Waals surface area contributed by atoms with E-state index in [0.29, 0.717) is 6.42 Å². The highest BCUT2D eigenvalue weighted by Gasteiger charge is 2.55. The van der Waals surface area contributed by atoms with Crippen molar-refractivity contribution in [3.63, 3.8) is 0 Å². The maximum atomic E-state index is 12.7. The number of hydrogen-bond donors (Lipinski definition) is 1. The first kappa shape index (κ1) is 17.2. The van der Waals surface area contributed by atoms with Gasteiger partial charge in [-0.25, -0.2) is 0 Å². The Balaban J connectivity index is 2.67. The molecule has 1 heterocycles. The number of carbonyl (C=O) groups excluding carboxylic acids is 1. The molecule has 0 aliphatic carbocycles. The molecule has 1 atom stereocenters. The van der Waals surface area contributed by atoms with Crippen molar-refractivity contribution in [2.45, 2.75) is 56.8 Å². The van der Waals surface area contributed by atoms with E-state index in [1.165, 1.54) is 7.11 Å². The Morgan fingerprint density at radius 2 is 1.95 bits per heavy atom. The van der Waals surface area contributed by atoms with Gasteiger partial charge < -0.3 is 9.84 Å². The zero-order valence-corrected chi connectivity index (χ0v) is 11.9. The first-order valence-corrected chi connectivity index (χ1v) is 6.86. The fraction of sp³-hybridized carbons (Fsp3) is 0.923. The number of halogens is 3. The van der Waals surface area contributed by atoms with Crippen LogP contribution in [-0.4, -0.2) is 54.0 Å². The number of rotatable bonds is 5. The van der Waals surface area contributed by atoms with E-state index in [2.05, 4.69) is 0 Å². The zero-order chi connectivity index (χ0) is 15.4. The standard InChI is InChI=1S/C13H22F3NO3/c1-3-4-5-10(11(18)20-2)17-8-6-12(19,7-9-17)13(14,15)16/h10,19H,3-9H2,1-2H3. The molecule has 4 nitrogen and oxygen atoms in total. The van der Waals surface area contributed by atoms with Crippen LogP contribution in [-0.2, 0) is 9.53 Å². The highest BCUT2D eigenvalue weighted by Crippen LogP contribution is 2.38. The molecule has 1 N–H and O–H groups in total. The van der Waals surface area contributed by atoms with Gasteiger partial charge in [-0.1, -0.05) is 19.8 Å². The van der Waals surface area contributed by atoms with E-state index < -0.39 is 36.6 Å². The Labute approximate surface area is 116 Å². The maximum Gasteiger partial charge on any atom is 0.417 e. The summed E-state index contributed by atoms with van der Waals surface area (Å²) in [6, 6.07) is -0.516. The highest BCUT2D eigenvalue weighted by molar-refractivity contribution is 5.75. The van der Waals surface area contributed by atoms with Crippen molar-refractivity contribution in [1.29, 1.82) is 0 Å². The minimum atomic E-state index is -4.62. The monoisotopic (exact) mass is 297 g/mol. The Bertz CT molecular complexity index is 325. The number of piperidine rings is 1. The number of hydrogen-bond acceptors (Lipinski definition) is 4. The second-order valence-corrected chi connectivity index (χ2v) is 5.25. The van der Waals surface area contributed by atoms with Crippen LogP contribution >= 0.6 is 0 Å². The lowest BCUT2D eigenvalue weighted by atomic mass is 9.89. The topological polar surface area (TPSA) is 49.8 Å². The minimum absolute atomic E-state index is 0.0412. The fourth-order valence-electron chi connectivity index (χ4n) is 2.47. The maximum absolute atomic E-state index is 12.7. The average molecular weight is 297 g/mol. The molecular weight excluding hydrogens is 275 g/mol. The number of ether oxygens (including phenoxy) is 1. The molecule has 1 saturated heterocycles. The molecular formula is C13H22F3NO3. The molecule has 0 bridgehead atoms. The van der Waals surface area contributed by atoms with Gasteiger partial charge in [-0.15, -0.1) is 0 Å². The van der Waals surface area contributed by atoms with Gasteiger partial charge in [-0.3, -0.25) is 9.69 Å². The summed E-state index contributed by atoms with van der Waals surface area (Å²) in [5, 5.41) is 9.61. The van der Waals surface area contributed by atoms with Crippen LogP contribution in [0.4, 0.5) is 13.2 Å². The summed E-state index contributed by atoms with van der Waals surface area (Å²) in [5.74, 6) is -0.420. The summed E-state index contributed by atoms with van der Waals surface area (Å²) in [7, 11) is 1.28. The first-order chi connectivity index (χ1) is 9.25. The molecule has 1 aliphatic heterocycles. The van der Waals surface area contributed by atoms with Crippen LogP contribution in [0.15, 0.2) is 0 Å². The SMILES string of the molecule is CCCCC(C(=O)OC)N1CCC(O)(C(F)(F)F)CC1. The van der Waals surface area contributed by atoms with E-state index in [0.717, 1.165) is 12.8 Å². The smallest absolute Gasteiger partial charge is 0.417 e. The molecule has 0 aromatic heterocycles. The van der Waals surface area contributed by atoms with E-state index in [1.54, 1.807) is 4.90 Å². The van der Waals surface area contributed by atoms with Gasteiger partial charge in [0.05, 0.1) is 7.11 Å². The molecule has 0 saturated carbocycles. The second kappa shape index (κ2) is 6.76. The average Bonchev–Trinajstić information content (AvgIpc) is 2.39. The predicted molar refractivity (Wildman–Crippen MR) is 67.1 cm³/mol. The number of methoxy groups -OCH3 is 1. The van der Waals surface area contributed by atoms with Gasteiger partial charge in [0.15, 0.2) is 5.60 Å². The summed E-state index contributed by atoms with van der Waals surface area (Å²) < 4.78 is 42.9. The van der Waals surface area contributed by atoms with Gasteiger partial charge in [-0.2, -0.15) is 13.2 Å². The number of alkyl halides is 3. The van der Waals surface area contributed by atoms with Crippen LogP contribution in [0.25, 0.3) is 0 Å². The molecule has 0 spiro atoms. The Morgan fingerprint density at radius 3 is 2.35 bits per heavy atom. The molecule has 0 aromatic carbocycles. The van der Waals surface area contributed by atoms with E-state index >= 15 is 0 Å². The molecule has 0 radical (unpaired) electrons. The number of aliphatic hydroxyl groups is 1. The predicted octanol–water partition coefficient (Wildman–Crippen LogP) is 2.11. The van der Waals surface area contributed by atoms with E-state index in [1.807, 2.05) is 6.92 Å². The molecule has 1 fully saturated rings. The molecule has 0 amide bonds. The number of esters is 1. The number of unbranched alkanes of at least 4 members (excludes halogenated alkanes) is 1. The lowest BCUT2D eigenvalue weighted by Crippen LogP contribution is -2.56. The van der Waals surface area contributed by atoms with Crippen LogP contribution in [0.1, 0.15) is 39.0 Å². The van der Waals surface area contributed by atoms with Crippen LogP contribution in [0.3, 0.4) is 0 Å². The summed E-state index contributed by atoms with van der Waals surface area (Å²) in [4.78, 5) is 13.4. The fourth-order valence-corrected chi connectivity index (χ4v) is 2.47. The third-order valence-electron chi connectivity index (χ3n) is 3.90. The molecule has 118 valence electrons. The number of carbonyl (C=O) groups is 1. The largest absolute Gasteiger partial charge is 0.468 e. The Kier molecular flexibility index (Phi) is 5.82. The Morgan fingerprint density at radius 1 is 1.40 bits per heavy atom. The summed E-state index contributed by atoms with van der Waals surface area (Å²) >= 11 is 0. The van der Waals surface area contributed by atoms with Crippen molar-refractivity contribution in [2.75, 3.05) is 20.2 Å². The molecule has 7 heteroatoms. The summed E-state index contributed by atoms with van der Waals surface area (Å²) in [5.41, 5.74) is -2.63. The zero-order valence-electron chi connectivity index (χ0n) is 11.9. The second-order valence-electron chi connectivity index (χ2n) is 5.25. The Hall–Kier alpha value is -0.820. The number of nitrogens with zero attached hydrogens (tertiary/aromatic N) is 1. The van der Waals surface area contributed by atoms with Crippen LogP contribution in [0.5, 0.6) is 0 Å². The van der Waals surface area contributed by atoms with Crippen LogP contribution in [0, 0.1) is 0 Å². The van der Waals surface area contributed by atoms with Gasteiger partial charge in [0.2, 0.25) is 0 Å². The molecule has 1 unspecified atom stereocenters. The van der Waals surface area contributed by atoms with Gasteiger partial charge in [0.25, 0.3) is 0 Å². The van der Waals surface area contributed by atoms with Crippen molar-refractivity contribution in [3.05, 3.63) is 0 Å². The van der Waals surface area contributed by atoms with Gasteiger partial charge >= 0.3 is 12.1 Å². The molecule has 1 aliphatic rings. The quantitative estimate of drug-likeness (QED) is 0.790. The van der Waals surface area contributed by atoms with Crippen molar-refractivity contribution >= 4 is 5.97 Å². The molecule has 0 aromatic rings. The van der Waals surface area contributed by atoms with Crippen molar-refractivity contribution in [3.8, 4) is 0 Å².